The fourth-order valence-corrected chi connectivity index (χ4v) is 4.45. The number of aliphatic carboxylic acids is 1. The monoisotopic (exact) mass is 315 g/mol. The van der Waals surface area contributed by atoms with Crippen molar-refractivity contribution in [1.82, 2.24) is 19.6 Å². The molecule has 3 heterocycles. The molecule has 4 rings (SSSR count). The highest BCUT2D eigenvalue weighted by atomic mass is 32.1. The first-order chi connectivity index (χ1) is 10.6. The van der Waals surface area contributed by atoms with E-state index in [2.05, 4.69) is 22.0 Å². The predicted molar refractivity (Wildman–Crippen MR) is 80.7 cm³/mol. The summed E-state index contributed by atoms with van der Waals surface area (Å²) in [5, 5.41) is 16.0. The van der Waals surface area contributed by atoms with Crippen molar-refractivity contribution < 1.29 is 9.90 Å². The summed E-state index contributed by atoms with van der Waals surface area (Å²) < 4.78 is 1.66. The van der Waals surface area contributed by atoms with E-state index in [1.165, 1.54) is 16.9 Å². The molecule has 0 bridgehead atoms. The summed E-state index contributed by atoms with van der Waals surface area (Å²) in [6, 6.07) is 0. The molecule has 0 aliphatic heterocycles. The lowest BCUT2D eigenvalue weighted by atomic mass is 9.89. The summed E-state index contributed by atoms with van der Waals surface area (Å²) >= 11 is 1.75. The van der Waals surface area contributed by atoms with Crippen molar-refractivity contribution in [3.63, 3.8) is 0 Å². The minimum absolute atomic E-state index is 0.0628. The number of carboxylic acid groups (broad SMARTS) is 1. The van der Waals surface area contributed by atoms with Gasteiger partial charge in [-0.3, -0.25) is 0 Å². The van der Waals surface area contributed by atoms with Crippen LogP contribution in [-0.2, 0) is 24.1 Å². The quantitative estimate of drug-likeness (QED) is 0.724. The Labute approximate surface area is 130 Å². The molecule has 0 fully saturated rings. The molecule has 6 nitrogen and oxygen atoms in total. The van der Waals surface area contributed by atoms with Gasteiger partial charge in [-0.05, 0) is 37.2 Å². The van der Waals surface area contributed by atoms with E-state index in [4.69, 9.17) is 0 Å². The summed E-state index contributed by atoms with van der Waals surface area (Å²) in [5.74, 6) is 0.166. The summed E-state index contributed by atoms with van der Waals surface area (Å²) in [5.41, 5.74) is 2.15. The highest BCUT2D eigenvalue weighted by molar-refractivity contribution is 7.19. The Morgan fingerprint density at radius 1 is 1.55 bits per heavy atom. The number of fused-ring (bicyclic) bond motifs is 5. The molecule has 7 heteroatoms. The minimum Gasteiger partial charge on any atom is -0.550 e. The molecule has 1 aliphatic carbocycles. The lowest BCUT2D eigenvalue weighted by Gasteiger charge is -2.17. The van der Waals surface area contributed by atoms with Crippen molar-refractivity contribution >= 4 is 33.2 Å². The van der Waals surface area contributed by atoms with Gasteiger partial charge in [-0.2, -0.15) is 0 Å². The van der Waals surface area contributed by atoms with Crippen molar-refractivity contribution in [1.29, 1.82) is 0 Å². The van der Waals surface area contributed by atoms with Crippen molar-refractivity contribution in [3.8, 4) is 0 Å². The number of carbonyl (C=O) groups is 1. The molecule has 0 unspecified atom stereocenters. The molecule has 0 spiro atoms. The predicted octanol–water partition coefficient (Wildman–Crippen LogP) is 1.15. The standard InChI is InChI=1S/C15H16N4O2S/c1-8-2-3-9-10(6-8)22-15-13(9)14-17-11(4-5-12(20)21)18-19(14)7-16-15/h7-8H,2-6H2,1H3,(H,20,21)/p-1/t8-/m1/s1. The van der Waals surface area contributed by atoms with Crippen LogP contribution in [0.4, 0.5) is 0 Å². The van der Waals surface area contributed by atoms with Crippen LogP contribution in [0.15, 0.2) is 6.33 Å². The van der Waals surface area contributed by atoms with Crippen LogP contribution in [0.3, 0.4) is 0 Å². The topological polar surface area (TPSA) is 83.2 Å². The first kappa shape index (κ1) is 13.6. The average Bonchev–Trinajstić information content (AvgIpc) is 3.03. The van der Waals surface area contributed by atoms with E-state index in [-0.39, 0.29) is 12.8 Å². The summed E-state index contributed by atoms with van der Waals surface area (Å²) in [6.45, 7) is 2.28. The molecule has 0 saturated heterocycles. The average molecular weight is 315 g/mol. The van der Waals surface area contributed by atoms with Crippen molar-refractivity contribution in [3.05, 3.63) is 22.6 Å². The zero-order valence-corrected chi connectivity index (χ0v) is 13.0. The Bertz CT molecular complexity index is 883. The van der Waals surface area contributed by atoms with E-state index in [0.717, 1.165) is 28.7 Å². The highest BCUT2D eigenvalue weighted by Gasteiger charge is 2.23. The molecular formula is C15H15N4O2S-. The van der Waals surface area contributed by atoms with E-state index in [1.807, 2.05) is 0 Å². The summed E-state index contributed by atoms with van der Waals surface area (Å²) in [7, 11) is 0. The van der Waals surface area contributed by atoms with Gasteiger partial charge in [0.15, 0.2) is 11.5 Å². The van der Waals surface area contributed by atoms with Crippen LogP contribution >= 0.6 is 11.3 Å². The van der Waals surface area contributed by atoms with Crippen LogP contribution in [-0.4, -0.2) is 25.6 Å². The van der Waals surface area contributed by atoms with Gasteiger partial charge in [0.2, 0.25) is 0 Å². The smallest absolute Gasteiger partial charge is 0.167 e. The Balaban J connectivity index is 1.85. The Kier molecular flexibility index (Phi) is 3.11. The largest absolute Gasteiger partial charge is 0.550 e. The van der Waals surface area contributed by atoms with Crippen LogP contribution in [0.25, 0.3) is 15.9 Å². The SMILES string of the molecule is C[C@@H]1CCc2c(sc3ncn4nc(CCC(=O)[O-])nc4c23)C1. The molecular weight excluding hydrogens is 300 g/mol. The van der Waals surface area contributed by atoms with Crippen LogP contribution in [0.2, 0.25) is 0 Å². The minimum atomic E-state index is -1.08. The first-order valence-electron chi connectivity index (χ1n) is 7.46. The second-order valence-electron chi connectivity index (χ2n) is 5.94. The van der Waals surface area contributed by atoms with Gasteiger partial charge in [0.25, 0.3) is 0 Å². The lowest BCUT2D eigenvalue weighted by molar-refractivity contribution is -0.305. The number of aromatic nitrogens is 4. The van der Waals surface area contributed by atoms with Gasteiger partial charge in [-0.1, -0.05) is 6.92 Å². The maximum absolute atomic E-state index is 10.6. The lowest BCUT2D eigenvalue weighted by Crippen LogP contribution is -2.22. The Morgan fingerprint density at radius 3 is 3.23 bits per heavy atom. The van der Waals surface area contributed by atoms with Gasteiger partial charge < -0.3 is 9.90 Å². The number of thiophene rings is 1. The molecule has 3 aromatic rings. The fourth-order valence-electron chi connectivity index (χ4n) is 3.10. The van der Waals surface area contributed by atoms with E-state index in [9.17, 15) is 9.90 Å². The van der Waals surface area contributed by atoms with Gasteiger partial charge in [0.05, 0.1) is 5.39 Å². The van der Waals surface area contributed by atoms with Crippen molar-refractivity contribution in [2.24, 2.45) is 5.92 Å². The second-order valence-corrected chi connectivity index (χ2v) is 7.03. The molecule has 1 aliphatic rings. The molecule has 0 N–H and O–H groups in total. The third kappa shape index (κ3) is 2.16. The van der Waals surface area contributed by atoms with Gasteiger partial charge in [-0.15, -0.1) is 16.4 Å². The number of hydrogen-bond acceptors (Lipinski definition) is 6. The normalized spacial score (nSPS) is 18.0. The Morgan fingerprint density at radius 2 is 2.41 bits per heavy atom. The van der Waals surface area contributed by atoms with Crippen LogP contribution in [0.1, 0.15) is 36.0 Å². The molecule has 22 heavy (non-hydrogen) atoms. The fraction of sp³-hybridized carbons (Fsp3) is 0.467. The number of carboxylic acids is 1. The Hall–Kier alpha value is -2.02. The second kappa shape index (κ2) is 5.01. The van der Waals surface area contributed by atoms with E-state index in [1.54, 1.807) is 22.2 Å². The van der Waals surface area contributed by atoms with Crippen LogP contribution in [0, 0.1) is 5.92 Å². The molecule has 0 radical (unpaired) electrons. The molecule has 0 aromatic carbocycles. The van der Waals surface area contributed by atoms with Crippen molar-refractivity contribution in [2.75, 3.05) is 0 Å². The zero-order chi connectivity index (χ0) is 15.3. The van der Waals surface area contributed by atoms with Crippen molar-refractivity contribution in [2.45, 2.75) is 39.0 Å². The van der Waals surface area contributed by atoms with E-state index < -0.39 is 5.97 Å². The highest BCUT2D eigenvalue weighted by Crippen LogP contribution is 2.38. The molecule has 0 amide bonds. The summed E-state index contributed by atoms with van der Waals surface area (Å²) in [4.78, 5) is 22.1. The number of nitrogens with zero attached hydrogens (tertiary/aromatic N) is 4. The van der Waals surface area contributed by atoms with E-state index >= 15 is 0 Å². The molecule has 3 aromatic heterocycles. The van der Waals surface area contributed by atoms with Gasteiger partial charge in [-0.25, -0.2) is 14.5 Å². The van der Waals surface area contributed by atoms with Gasteiger partial charge >= 0.3 is 0 Å². The maximum atomic E-state index is 10.6. The zero-order valence-electron chi connectivity index (χ0n) is 12.2. The first-order valence-corrected chi connectivity index (χ1v) is 8.28. The number of carbonyl (C=O) groups excluding carboxylic acids is 1. The number of aryl methyl sites for hydroxylation is 2. The molecule has 1 atom stereocenters. The van der Waals surface area contributed by atoms with Crippen LogP contribution < -0.4 is 5.11 Å². The number of hydrogen-bond donors (Lipinski definition) is 0. The maximum Gasteiger partial charge on any atom is 0.167 e. The summed E-state index contributed by atoms with van der Waals surface area (Å²) in [6.07, 6.45) is 5.24. The molecule has 0 saturated carbocycles. The van der Waals surface area contributed by atoms with Gasteiger partial charge in [0, 0.05) is 17.3 Å². The number of rotatable bonds is 3. The van der Waals surface area contributed by atoms with E-state index in [0.29, 0.717) is 11.7 Å². The molecule has 114 valence electrons. The third-order valence-corrected chi connectivity index (χ3v) is 5.39. The van der Waals surface area contributed by atoms with Gasteiger partial charge in [0.1, 0.15) is 11.2 Å². The third-order valence-electron chi connectivity index (χ3n) is 4.23. The van der Waals surface area contributed by atoms with Crippen LogP contribution in [0.5, 0.6) is 0 Å².